The number of fused-ring (bicyclic) bond motifs is 10. The second kappa shape index (κ2) is 13.6. The Morgan fingerprint density at radius 1 is 0.323 bits per heavy atom. The summed E-state index contributed by atoms with van der Waals surface area (Å²) in [5.41, 5.74) is 9.69. The fourth-order valence-electron chi connectivity index (χ4n) is 9.46. The summed E-state index contributed by atoms with van der Waals surface area (Å²) in [7, 11) is 0. The van der Waals surface area contributed by atoms with Crippen LogP contribution in [0.4, 0.5) is 0 Å². The first-order valence-corrected chi connectivity index (χ1v) is 20.9. The molecule has 3 heterocycles. The number of hydrogen-bond donors (Lipinski definition) is 0. The van der Waals surface area contributed by atoms with E-state index >= 15 is 0 Å². The summed E-state index contributed by atoms with van der Waals surface area (Å²) in [6.45, 7) is 0. The Labute approximate surface area is 355 Å². The molecule has 0 saturated heterocycles. The van der Waals surface area contributed by atoms with Gasteiger partial charge in [0.05, 0.1) is 16.7 Å². The van der Waals surface area contributed by atoms with Crippen LogP contribution < -0.4 is 0 Å². The van der Waals surface area contributed by atoms with Crippen molar-refractivity contribution in [1.82, 2.24) is 19.5 Å². The Hall–Kier alpha value is -8.41. The number of furan rings is 1. The summed E-state index contributed by atoms with van der Waals surface area (Å²) in [5.74, 6) is 1.82. The van der Waals surface area contributed by atoms with Gasteiger partial charge in [-0.2, -0.15) is 0 Å². The quantitative estimate of drug-likeness (QED) is 0.163. The van der Waals surface area contributed by atoms with Gasteiger partial charge in [-0.05, 0) is 80.8 Å². The molecule has 0 radical (unpaired) electrons. The van der Waals surface area contributed by atoms with E-state index in [0.29, 0.717) is 17.5 Å². The largest absolute Gasteiger partial charge is 0.455 e. The standard InChI is InChI=1S/C57H34N4O/c1-2-14-36(15-3-1)55-58-56(40-27-29-43-39(31-40)26-25-35-13-6-7-18-42(35)43)60-57(59-55)41-28-30-51(49(33-41)47-22-12-21-46-45-20-9-11-24-53(45)62-54(46)47)61-50-23-10-8-19-44(50)48-32-37-16-4-5-17-38(37)34-52(48)61/h1-34H. The van der Waals surface area contributed by atoms with Crippen molar-refractivity contribution in [1.29, 1.82) is 0 Å². The van der Waals surface area contributed by atoms with Crippen LogP contribution in [0.1, 0.15) is 0 Å². The van der Waals surface area contributed by atoms with Crippen LogP contribution >= 0.6 is 0 Å². The minimum Gasteiger partial charge on any atom is -0.455 e. The monoisotopic (exact) mass is 790 g/mol. The van der Waals surface area contributed by atoms with Crippen molar-refractivity contribution in [3.8, 4) is 51.0 Å². The summed E-state index contributed by atoms with van der Waals surface area (Å²) < 4.78 is 9.16. The first-order chi connectivity index (χ1) is 30.7. The lowest BCUT2D eigenvalue weighted by Gasteiger charge is -2.17. The number of para-hydroxylation sites is 3. The summed E-state index contributed by atoms with van der Waals surface area (Å²) in [4.78, 5) is 15.6. The fraction of sp³-hybridized carbons (Fsp3) is 0. The van der Waals surface area contributed by atoms with Gasteiger partial charge in [0.25, 0.3) is 0 Å². The molecule has 13 aromatic rings. The number of hydrogen-bond acceptors (Lipinski definition) is 4. The Bertz CT molecular complexity index is 3940. The van der Waals surface area contributed by atoms with E-state index in [-0.39, 0.29) is 0 Å². The van der Waals surface area contributed by atoms with E-state index in [2.05, 4.69) is 180 Å². The molecule has 0 fully saturated rings. The predicted molar refractivity (Wildman–Crippen MR) is 256 cm³/mol. The van der Waals surface area contributed by atoms with Crippen molar-refractivity contribution in [2.75, 3.05) is 0 Å². The maximum atomic E-state index is 6.75. The predicted octanol–water partition coefficient (Wildman–Crippen LogP) is 15.0. The second-order valence-electron chi connectivity index (χ2n) is 16.0. The molecule has 0 amide bonds. The van der Waals surface area contributed by atoms with Crippen molar-refractivity contribution in [3.05, 3.63) is 206 Å². The van der Waals surface area contributed by atoms with Crippen molar-refractivity contribution < 1.29 is 4.42 Å². The van der Waals surface area contributed by atoms with Crippen LogP contribution in [-0.4, -0.2) is 19.5 Å². The molecule has 5 nitrogen and oxygen atoms in total. The Balaban J connectivity index is 1.08. The zero-order valence-electron chi connectivity index (χ0n) is 33.3. The van der Waals surface area contributed by atoms with Crippen LogP contribution in [0.5, 0.6) is 0 Å². The Kier molecular flexibility index (Phi) is 7.54. The van der Waals surface area contributed by atoms with Crippen LogP contribution in [0.2, 0.25) is 0 Å². The van der Waals surface area contributed by atoms with Crippen molar-refractivity contribution in [3.63, 3.8) is 0 Å². The van der Waals surface area contributed by atoms with Crippen LogP contribution in [-0.2, 0) is 0 Å². The van der Waals surface area contributed by atoms with E-state index in [0.717, 1.165) is 71.9 Å². The number of rotatable bonds is 5. The lowest BCUT2D eigenvalue weighted by molar-refractivity contribution is 0.670. The molecular formula is C57H34N4O. The number of nitrogens with zero attached hydrogens (tertiary/aromatic N) is 4. The van der Waals surface area contributed by atoms with Crippen LogP contribution in [0.25, 0.3) is 127 Å². The molecule has 288 valence electrons. The summed E-state index contributed by atoms with van der Waals surface area (Å²) in [5, 5.41) is 11.7. The molecule has 3 aromatic heterocycles. The van der Waals surface area contributed by atoms with E-state index < -0.39 is 0 Å². The molecule has 5 heteroatoms. The van der Waals surface area contributed by atoms with Gasteiger partial charge in [0.15, 0.2) is 17.5 Å². The third kappa shape index (κ3) is 5.38. The molecule has 0 bridgehead atoms. The maximum absolute atomic E-state index is 6.75. The highest BCUT2D eigenvalue weighted by Crippen LogP contribution is 2.43. The summed E-state index contributed by atoms with van der Waals surface area (Å²) >= 11 is 0. The topological polar surface area (TPSA) is 56.7 Å². The van der Waals surface area contributed by atoms with Gasteiger partial charge >= 0.3 is 0 Å². The van der Waals surface area contributed by atoms with Gasteiger partial charge in [-0.15, -0.1) is 0 Å². The van der Waals surface area contributed by atoms with Crippen molar-refractivity contribution in [2.24, 2.45) is 0 Å². The summed E-state index contributed by atoms with van der Waals surface area (Å²) in [6.07, 6.45) is 0. The van der Waals surface area contributed by atoms with E-state index in [9.17, 15) is 0 Å². The minimum atomic E-state index is 0.588. The molecule has 62 heavy (non-hydrogen) atoms. The smallest absolute Gasteiger partial charge is 0.164 e. The highest BCUT2D eigenvalue weighted by atomic mass is 16.3. The zero-order valence-corrected chi connectivity index (χ0v) is 33.3. The Morgan fingerprint density at radius 2 is 0.935 bits per heavy atom. The third-order valence-corrected chi connectivity index (χ3v) is 12.4. The first-order valence-electron chi connectivity index (χ1n) is 20.9. The van der Waals surface area contributed by atoms with Gasteiger partial charge in [-0.1, -0.05) is 158 Å². The molecule has 0 N–H and O–H groups in total. The van der Waals surface area contributed by atoms with Crippen molar-refractivity contribution >= 4 is 76.1 Å². The lowest BCUT2D eigenvalue weighted by Crippen LogP contribution is -2.02. The van der Waals surface area contributed by atoms with E-state index in [1.54, 1.807) is 0 Å². The molecule has 0 atom stereocenters. The minimum absolute atomic E-state index is 0.588. The number of aromatic nitrogens is 4. The average Bonchev–Trinajstić information content (AvgIpc) is 3.88. The van der Waals surface area contributed by atoms with Gasteiger partial charge < -0.3 is 8.98 Å². The lowest BCUT2D eigenvalue weighted by atomic mass is 9.97. The van der Waals surface area contributed by atoms with Crippen molar-refractivity contribution in [2.45, 2.75) is 0 Å². The highest BCUT2D eigenvalue weighted by molar-refractivity contribution is 6.15. The first kappa shape index (κ1) is 34.5. The summed E-state index contributed by atoms with van der Waals surface area (Å²) in [6, 6.07) is 72.8. The van der Waals surface area contributed by atoms with Gasteiger partial charge in [-0.3, -0.25) is 0 Å². The molecule has 13 rings (SSSR count). The maximum Gasteiger partial charge on any atom is 0.164 e. The second-order valence-corrected chi connectivity index (χ2v) is 16.0. The van der Waals surface area contributed by atoms with Gasteiger partial charge in [0.2, 0.25) is 0 Å². The molecule has 0 aliphatic heterocycles. The SMILES string of the molecule is c1ccc(-c2nc(-c3ccc(-n4c5ccccc5c5cc6ccccc6cc54)c(-c4cccc5c4oc4ccccc45)c3)nc(-c3ccc4c(ccc5ccccc54)c3)n2)cc1. The Morgan fingerprint density at radius 3 is 1.77 bits per heavy atom. The van der Waals surface area contributed by atoms with E-state index in [1.807, 2.05) is 30.3 Å². The highest BCUT2D eigenvalue weighted by Gasteiger charge is 2.22. The zero-order chi connectivity index (χ0) is 40.7. The van der Waals surface area contributed by atoms with Gasteiger partial charge in [-0.25, -0.2) is 15.0 Å². The molecule has 0 aliphatic rings. The third-order valence-electron chi connectivity index (χ3n) is 12.4. The molecule has 0 aliphatic carbocycles. The molecule has 10 aromatic carbocycles. The molecular weight excluding hydrogens is 757 g/mol. The molecule has 0 unspecified atom stereocenters. The van der Waals surface area contributed by atoms with E-state index in [1.165, 1.54) is 37.7 Å². The average molecular weight is 791 g/mol. The van der Waals surface area contributed by atoms with Gasteiger partial charge in [0, 0.05) is 49.4 Å². The fourth-order valence-corrected chi connectivity index (χ4v) is 9.46. The van der Waals surface area contributed by atoms with Crippen LogP contribution in [0.3, 0.4) is 0 Å². The molecule has 0 spiro atoms. The van der Waals surface area contributed by atoms with Crippen LogP contribution in [0.15, 0.2) is 211 Å². The van der Waals surface area contributed by atoms with Gasteiger partial charge in [0.1, 0.15) is 11.2 Å². The normalized spacial score (nSPS) is 11.9. The molecule has 0 saturated carbocycles. The number of benzene rings is 10. The van der Waals surface area contributed by atoms with Crippen LogP contribution in [0, 0.1) is 0 Å². The van der Waals surface area contributed by atoms with E-state index in [4.69, 9.17) is 19.4 Å².